The van der Waals surface area contributed by atoms with E-state index in [0.29, 0.717) is 0 Å². The largest absolute Gasteiger partial charge is 0.497 e. The summed E-state index contributed by atoms with van der Waals surface area (Å²) in [6.45, 7) is 4.65. The first kappa shape index (κ1) is 22.2. The summed E-state index contributed by atoms with van der Waals surface area (Å²) in [4.78, 5) is 18.7. The van der Waals surface area contributed by atoms with Gasteiger partial charge in [0.25, 0.3) is 0 Å². The summed E-state index contributed by atoms with van der Waals surface area (Å²) >= 11 is 0. The quantitative estimate of drug-likeness (QED) is 0.519. The molecule has 0 radical (unpaired) electrons. The Bertz CT molecular complexity index is 1010. The number of hydrogen-bond acceptors (Lipinski definition) is 7. The van der Waals surface area contributed by atoms with Crippen molar-refractivity contribution in [2.24, 2.45) is 0 Å². The third-order valence-electron chi connectivity index (χ3n) is 5.72. The van der Waals surface area contributed by atoms with Gasteiger partial charge in [0.05, 0.1) is 12.8 Å². The molecule has 32 heavy (non-hydrogen) atoms. The minimum atomic E-state index is 0.768. The number of hydrogen-bond donors (Lipinski definition) is 1. The Morgan fingerprint density at radius 3 is 2.56 bits per heavy atom. The molecular weight excluding hydrogens is 400 g/mol. The molecular formula is C25H32N6O. The Kier molecular flexibility index (Phi) is 7.29. The molecule has 0 unspecified atom stereocenters. The zero-order valence-corrected chi connectivity index (χ0v) is 19.2. The monoisotopic (exact) mass is 432 g/mol. The topological polar surface area (TPSA) is 66.4 Å². The van der Waals surface area contributed by atoms with Crippen LogP contribution in [0.3, 0.4) is 0 Å². The van der Waals surface area contributed by atoms with E-state index in [1.807, 2.05) is 24.3 Å². The minimum absolute atomic E-state index is 0.768. The van der Waals surface area contributed by atoms with Gasteiger partial charge in [-0.3, -0.25) is 9.88 Å². The molecule has 0 aliphatic carbocycles. The molecule has 0 saturated heterocycles. The van der Waals surface area contributed by atoms with Crippen LogP contribution in [0.4, 0.5) is 5.82 Å². The molecule has 168 valence electrons. The van der Waals surface area contributed by atoms with E-state index in [1.165, 1.54) is 11.1 Å². The molecule has 1 N–H and O–H groups in total. The lowest BCUT2D eigenvalue weighted by Crippen LogP contribution is -2.32. The van der Waals surface area contributed by atoms with Gasteiger partial charge < -0.3 is 15.0 Å². The summed E-state index contributed by atoms with van der Waals surface area (Å²) < 4.78 is 5.29. The van der Waals surface area contributed by atoms with Crippen LogP contribution in [-0.4, -0.2) is 65.6 Å². The van der Waals surface area contributed by atoms with Crippen molar-refractivity contribution >= 4 is 5.82 Å². The van der Waals surface area contributed by atoms with Crippen LogP contribution in [0.25, 0.3) is 11.4 Å². The lowest BCUT2D eigenvalue weighted by Gasteiger charge is -2.30. The van der Waals surface area contributed by atoms with Gasteiger partial charge in [-0.05, 0) is 56.9 Å². The van der Waals surface area contributed by atoms with Gasteiger partial charge in [0.15, 0.2) is 5.82 Å². The normalized spacial score (nSPS) is 13.8. The van der Waals surface area contributed by atoms with Gasteiger partial charge in [-0.1, -0.05) is 12.1 Å². The first-order valence-corrected chi connectivity index (χ1v) is 11.2. The van der Waals surface area contributed by atoms with Crippen LogP contribution >= 0.6 is 0 Å². The van der Waals surface area contributed by atoms with Crippen molar-refractivity contribution in [3.8, 4) is 17.1 Å². The summed E-state index contributed by atoms with van der Waals surface area (Å²) in [7, 11) is 5.90. The number of pyridine rings is 1. The predicted octanol–water partition coefficient (Wildman–Crippen LogP) is 3.47. The summed E-state index contributed by atoms with van der Waals surface area (Å²) in [6.07, 6.45) is 5.56. The maximum Gasteiger partial charge on any atom is 0.161 e. The minimum Gasteiger partial charge on any atom is -0.497 e. The van der Waals surface area contributed by atoms with E-state index in [0.717, 1.165) is 74.2 Å². The van der Waals surface area contributed by atoms with E-state index < -0.39 is 0 Å². The predicted molar refractivity (Wildman–Crippen MR) is 128 cm³/mol. The second kappa shape index (κ2) is 10.5. The van der Waals surface area contributed by atoms with Crippen molar-refractivity contribution < 1.29 is 4.74 Å². The van der Waals surface area contributed by atoms with Crippen molar-refractivity contribution in [1.29, 1.82) is 0 Å². The Balaban J connectivity index is 1.55. The molecule has 0 fully saturated rings. The zero-order valence-electron chi connectivity index (χ0n) is 19.2. The van der Waals surface area contributed by atoms with E-state index in [2.05, 4.69) is 46.3 Å². The highest BCUT2D eigenvalue weighted by Crippen LogP contribution is 2.28. The van der Waals surface area contributed by atoms with Crippen LogP contribution in [0.15, 0.2) is 48.8 Å². The highest BCUT2D eigenvalue weighted by atomic mass is 16.5. The highest BCUT2D eigenvalue weighted by molar-refractivity contribution is 5.59. The lowest BCUT2D eigenvalue weighted by molar-refractivity contribution is 0.243. The molecule has 3 heterocycles. The van der Waals surface area contributed by atoms with Crippen molar-refractivity contribution in [2.45, 2.75) is 25.9 Å². The van der Waals surface area contributed by atoms with E-state index in [4.69, 9.17) is 14.7 Å². The third-order valence-corrected chi connectivity index (χ3v) is 5.72. The molecule has 7 nitrogen and oxygen atoms in total. The van der Waals surface area contributed by atoms with Crippen molar-refractivity contribution in [2.75, 3.05) is 46.2 Å². The third kappa shape index (κ3) is 5.60. The lowest BCUT2D eigenvalue weighted by atomic mass is 10.0. The first-order valence-electron chi connectivity index (χ1n) is 11.2. The molecule has 0 spiro atoms. The van der Waals surface area contributed by atoms with Crippen LogP contribution in [0.1, 0.15) is 23.2 Å². The number of rotatable bonds is 9. The number of ether oxygens (including phenoxy) is 1. The standard InChI is InChI=1S/C25H32N6O/c1-30(2)15-4-12-27-25-22-18-31(17-19-5-7-21(32-3)8-6-19)16-11-23(22)28-24(29-25)20-9-13-26-14-10-20/h5-10,13-14H,4,11-12,15-18H2,1-3H3,(H,27,28,29). The number of methoxy groups -OCH3 is 1. The fraction of sp³-hybridized carbons (Fsp3) is 0.400. The van der Waals surface area contributed by atoms with Gasteiger partial charge in [0, 0.05) is 56.1 Å². The molecule has 1 aliphatic rings. The Hall–Kier alpha value is -3.03. The molecule has 0 saturated carbocycles. The smallest absolute Gasteiger partial charge is 0.161 e. The summed E-state index contributed by atoms with van der Waals surface area (Å²) in [5.74, 6) is 2.61. The van der Waals surface area contributed by atoms with Crippen molar-refractivity contribution in [3.05, 3.63) is 65.6 Å². The molecule has 4 rings (SSSR count). The maximum atomic E-state index is 5.29. The van der Waals surface area contributed by atoms with Gasteiger partial charge in [-0.15, -0.1) is 0 Å². The Labute approximate surface area is 190 Å². The molecule has 7 heteroatoms. The number of anilines is 1. The summed E-state index contributed by atoms with van der Waals surface area (Å²) in [6, 6.07) is 12.3. The number of aromatic nitrogens is 3. The first-order chi connectivity index (χ1) is 15.6. The SMILES string of the molecule is COc1ccc(CN2CCc3nc(-c4ccncc4)nc(NCCCN(C)C)c3C2)cc1. The average Bonchev–Trinajstić information content (AvgIpc) is 2.82. The van der Waals surface area contributed by atoms with Crippen LogP contribution in [-0.2, 0) is 19.5 Å². The van der Waals surface area contributed by atoms with E-state index in [9.17, 15) is 0 Å². The molecule has 0 atom stereocenters. The highest BCUT2D eigenvalue weighted by Gasteiger charge is 2.23. The van der Waals surface area contributed by atoms with Gasteiger partial charge in [-0.2, -0.15) is 0 Å². The molecule has 1 aliphatic heterocycles. The Morgan fingerprint density at radius 1 is 1.06 bits per heavy atom. The van der Waals surface area contributed by atoms with Gasteiger partial charge in [-0.25, -0.2) is 9.97 Å². The van der Waals surface area contributed by atoms with Crippen molar-refractivity contribution in [1.82, 2.24) is 24.8 Å². The molecule has 3 aromatic rings. The summed E-state index contributed by atoms with van der Waals surface area (Å²) in [5, 5.41) is 3.60. The van der Waals surface area contributed by atoms with Gasteiger partial charge in [0.2, 0.25) is 0 Å². The zero-order chi connectivity index (χ0) is 22.3. The number of nitrogens with one attached hydrogen (secondary N) is 1. The maximum absolute atomic E-state index is 5.29. The van der Waals surface area contributed by atoms with Crippen LogP contribution in [0, 0.1) is 0 Å². The number of fused-ring (bicyclic) bond motifs is 1. The van der Waals surface area contributed by atoms with Crippen LogP contribution < -0.4 is 10.1 Å². The second-order valence-electron chi connectivity index (χ2n) is 8.45. The summed E-state index contributed by atoms with van der Waals surface area (Å²) in [5.41, 5.74) is 4.64. The fourth-order valence-corrected chi connectivity index (χ4v) is 3.97. The van der Waals surface area contributed by atoms with E-state index >= 15 is 0 Å². The number of benzene rings is 1. The number of nitrogens with zero attached hydrogens (tertiary/aromatic N) is 5. The molecule has 2 aromatic heterocycles. The molecule has 0 amide bonds. The van der Waals surface area contributed by atoms with E-state index in [-0.39, 0.29) is 0 Å². The molecule has 0 bridgehead atoms. The van der Waals surface area contributed by atoms with Gasteiger partial charge >= 0.3 is 0 Å². The Morgan fingerprint density at radius 2 is 1.84 bits per heavy atom. The van der Waals surface area contributed by atoms with Crippen LogP contribution in [0.2, 0.25) is 0 Å². The fourth-order valence-electron chi connectivity index (χ4n) is 3.97. The van der Waals surface area contributed by atoms with E-state index in [1.54, 1.807) is 19.5 Å². The second-order valence-corrected chi connectivity index (χ2v) is 8.45. The van der Waals surface area contributed by atoms with Gasteiger partial charge in [0.1, 0.15) is 11.6 Å². The molecule has 1 aromatic carbocycles. The average molecular weight is 433 g/mol. The van der Waals surface area contributed by atoms with Crippen molar-refractivity contribution in [3.63, 3.8) is 0 Å². The van der Waals surface area contributed by atoms with Crippen LogP contribution in [0.5, 0.6) is 5.75 Å².